The fourth-order valence-electron chi connectivity index (χ4n) is 4.45. The van der Waals surface area contributed by atoms with Crippen LogP contribution in [0.25, 0.3) is 10.8 Å². The number of hydrogen-bond donors (Lipinski definition) is 0. The molecule has 0 radical (unpaired) electrons. The van der Waals surface area contributed by atoms with E-state index in [-0.39, 0.29) is 18.3 Å². The van der Waals surface area contributed by atoms with E-state index in [1.807, 2.05) is 54.6 Å². The van der Waals surface area contributed by atoms with Crippen molar-refractivity contribution < 1.29 is 19.1 Å². The SMILES string of the molecule is CCOC(=O)C1=C[C@@]2(C(=O)N(C)c3ccc(Br)cc32)c2c(ccc3ccccc23)O1. The molecule has 0 saturated heterocycles. The fourth-order valence-corrected chi connectivity index (χ4v) is 4.81. The Morgan fingerprint density at radius 2 is 1.97 bits per heavy atom. The number of anilines is 1. The number of rotatable bonds is 2. The third-order valence-corrected chi connectivity index (χ3v) is 6.21. The molecular weight excluding hydrogens is 446 g/mol. The number of hydrogen-bond acceptors (Lipinski definition) is 4. The molecule has 3 aromatic rings. The topological polar surface area (TPSA) is 55.8 Å². The molecule has 2 heterocycles. The Kier molecular flexibility index (Phi) is 4.22. The van der Waals surface area contributed by atoms with E-state index in [1.165, 1.54) is 0 Å². The summed E-state index contributed by atoms with van der Waals surface area (Å²) >= 11 is 3.54. The van der Waals surface area contributed by atoms with Crippen molar-refractivity contribution >= 4 is 44.3 Å². The molecule has 0 fully saturated rings. The number of amides is 1. The molecule has 1 atom stereocenters. The van der Waals surface area contributed by atoms with Gasteiger partial charge in [0.2, 0.25) is 11.7 Å². The molecule has 1 spiro atoms. The van der Waals surface area contributed by atoms with Crippen molar-refractivity contribution in [3.8, 4) is 5.75 Å². The highest BCUT2D eigenvalue weighted by Gasteiger charge is 2.54. The van der Waals surface area contributed by atoms with Crippen LogP contribution in [0.3, 0.4) is 0 Å². The molecule has 30 heavy (non-hydrogen) atoms. The quantitative estimate of drug-likeness (QED) is 0.516. The lowest BCUT2D eigenvalue weighted by atomic mass is 9.71. The van der Waals surface area contributed by atoms with Crippen LogP contribution in [0.5, 0.6) is 5.75 Å². The van der Waals surface area contributed by atoms with Gasteiger partial charge < -0.3 is 14.4 Å². The van der Waals surface area contributed by atoms with Crippen molar-refractivity contribution in [1.29, 1.82) is 0 Å². The van der Waals surface area contributed by atoms with E-state index in [0.717, 1.165) is 32.1 Å². The van der Waals surface area contributed by atoms with Gasteiger partial charge in [0.25, 0.3) is 0 Å². The number of carbonyl (C=O) groups is 2. The van der Waals surface area contributed by atoms with Crippen LogP contribution in [-0.2, 0) is 19.7 Å². The summed E-state index contributed by atoms with van der Waals surface area (Å²) in [5.41, 5.74) is 1.14. The first-order valence-electron chi connectivity index (χ1n) is 9.65. The van der Waals surface area contributed by atoms with Crippen LogP contribution in [0.15, 0.2) is 70.9 Å². The summed E-state index contributed by atoms with van der Waals surface area (Å²) in [7, 11) is 1.75. The number of carbonyl (C=O) groups excluding carboxylic acids is 2. The molecule has 0 saturated carbocycles. The van der Waals surface area contributed by atoms with E-state index in [2.05, 4.69) is 15.9 Å². The summed E-state index contributed by atoms with van der Waals surface area (Å²) in [5.74, 6) is -0.226. The standard InChI is InChI=1S/C24H18BrNO4/c1-3-29-22(27)20-13-24(17-12-15(25)9-10-18(17)26(2)23(24)28)21-16-7-5-4-6-14(16)8-11-19(21)30-20/h4-13H,3H2,1-2H3/t24-/m0/s1. The van der Waals surface area contributed by atoms with Gasteiger partial charge >= 0.3 is 5.97 Å². The van der Waals surface area contributed by atoms with Gasteiger partial charge in [0, 0.05) is 28.3 Å². The fraction of sp³-hybridized carbons (Fsp3) is 0.167. The summed E-state index contributed by atoms with van der Waals surface area (Å²) in [4.78, 5) is 28.1. The maximum Gasteiger partial charge on any atom is 0.373 e. The molecule has 0 unspecified atom stereocenters. The Morgan fingerprint density at radius 3 is 2.77 bits per heavy atom. The maximum absolute atomic E-state index is 13.8. The molecule has 6 heteroatoms. The minimum Gasteiger partial charge on any atom is -0.460 e. The average molecular weight is 464 g/mol. The number of esters is 1. The van der Waals surface area contributed by atoms with Crippen LogP contribution in [0.2, 0.25) is 0 Å². The summed E-state index contributed by atoms with van der Waals surface area (Å²) < 4.78 is 12.0. The first-order valence-corrected chi connectivity index (χ1v) is 10.4. The first kappa shape index (κ1) is 18.9. The zero-order chi connectivity index (χ0) is 21.0. The Balaban J connectivity index is 1.91. The highest BCUT2D eigenvalue weighted by molar-refractivity contribution is 9.10. The minimum atomic E-state index is -1.19. The largest absolute Gasteiger partial charge is 0.460 e. The number of halogens is 1. The van der Waals surface area contributed by atoms with E-state index in [1.54, 1.807) is 24.9 Å². The van der Waals surface area contributed by atoms with Crippen LogP contribution in [0.4, 0.5) is 5.69 Å². The molecule has 3 aromatic carbocycles. The minimum absolute atomic E-state index is 0.0224. The molecule has 2 aliphatic rings. The van der Waals surface area contributed by atoms with Crippen molar-refractivity contribution in [3.05, 3.63) is 82.0 Å². The molecule has 0 aromatic heterocycles. The summed E-state index contributed by atoms with van der Waals surface area (Å²) in [5, 5.41) is 1.90. The number of nitrogens with zero attached hydrogens (tertiary/aromatic N) is 1. The third kappa shape index (κ3) is 2.46. The maximum atomic E-state index is 13.8. The normalized spacial score (nSPS) is 19.4. The molecule has 2 aliphatic heterocycles. The monoisotopic (exact) mass is 463 g/mol. The van der Waals surface area contributed by atoms with E-state index in [4.69, 9.17) is 9.47 Å². The molecule has 0 aliphatic carbocycles. The molecule has 5 rings (SSSR count). The molecule has 1 amide bonds. The van der Waals surface area contributed by atoms with Crippen molar-refractivity contribution in [2.75, 3.05) is 18.6 Å². The van der Waals surface area contributed by atoms with Crippen molar-refractivity contribution in [3.63, 3.8) is 0 Å². The molecular formula is C24H18BrNO4. The molecule has 0 bridgehead atoms. The van der Waals surface area contributed by atoms with Gasteiger partial charge in [-0.15, -0.1) is 0 Å². The highest BCUT2D eigenvalue weighted by atomic mass is 79.9. The average Bonchev–Trinajstić information content (AvgIpc) is 2.95. The van der Waals surface area contributed by atoms with Crippen LogP contribution < -0.4 is 9.64 Å². The van der Waals surface area contributed by atoms with Gasteiger partial charge in [0.1, 0.15) is 11.2 Å². The number of ether oxygens (including phenoxy) is 2. The van der Waals surface area contributed by atoms with E-state index < -0.39 is 11.4 Å². The van der Waals surface area contributed by atoms with Crippen LogP contribution in [0, 0.1) is 0 Å². The zero-order valence-electron chi connectivity index (χ0n) is 16.4. The van der Waals surface area contributed by atoms with Gasteiger partial charge in [-0.2, -0.15) is 0 Å². The number of fused-ring (bicyclic) bond motifs is 6. The Bertz CT molecular complexity index is 1270. The summed E-state index contributed by atoms with van der Waals surface area (Å²) in [6.45, 7) is 1.95. The second-order valence-corrected chi connectivity index (χ2v) is 8.24. The molecule has 0 N–H and O–H groups in total. The predicted octanol–water partition coefficient (Wildman–Crippen LogP) is 4.70. The van der Waals surface area contributed by atoms with Crippen LogP contribution in [0.1, 0.15) is 18.1 Å². The molecule has 5 nitrogen and oxygen atoms in total. The third-order valence-electron chi connectivity index (χ3n) is 5.72. The van der Waals surface area contributed by atoms with Crippen molar-refractivity contribution in [1.82, 2.24) is 0 Å². The predicted molar refractivity (Wildman–Crippen MR) is 118 cm³/mol. The number of benzene rings is 3. The second kappa shape index (κ2) is 6.71. The Hall–Kier alpha value is -3.12. The van der Waals surface area contributed by atoms with Crippen LogP contribution in [-0.4, -0.2) is 25.5 Å². The van der Waals surface area contributed by atoms with Gasteiger partial charge in [-0.3, -0.25) is 4.79 Å². The van der Waals surface area contributed by atoms with Crippen molar-refractivity contribution in [2.45, 2.75) is 12.3 Å². The molecule has 150 valence electrons. The lowest BCUT2D eigenvalue weighted by Crippen LogP contribution is -2.41. The second-order valence-electron chi connectivity index (χ2n) is 7.32. The number of likely N-dealkylation sites (N-methyl/N-ethyl adjacent to an activating group) is 1. The highest BCUT2D eigenvalue weighted by Crippen LogP contribution is 2.54. The summed E-state index contributed by atoms with van der Waals surface area (Å²) in [6.07, 6.45) is 1.62. The van der Waals surface area contributed by atoms with Crippen LogP contribution >= 0.6 is 15.9 Å². The summed E-state index contributed by atoms with van der Waals surface area (Å²) in [6, 6.07) is 17.4. The Morgan fingerprint density at radius 1 is 1.17 bits per heavy atom. The van der Waals surface area contributed by atoms with E-state index in [0.29, 0.717) is 5.75 Å². The van der Waals surface area contributed by atoms with Gasteiger partial charge in [0.05, 0.1) is 6.61 Å². The smallest absolute Gasteiger partial charge is 0.373 e. The van der Waals surface area contributed by atoms with E-state index >= 15 is 0 Å². The van der Waals surface area contributed by atoms with E-state index in [9.17, 15) is 9.59 Å². The van der Waals surface area contributed by atoms with Gasteiger partial charge in [-0.25, -0.2) is 4.79 Å². The van der Waals surface area contributed by atoms with Gasteiger partial charge in [-0.1, -0.05) is 46.3 Å². The lowest BCUT2D eigenvalue weighted by molar-refractivity contribution is -0.141. The lowest BCUT2D eigenvalue weighted by Gasteiger charge is -2.33. The Labute approximate surface area is 182 Å². The van der Waals surface area contributed by atoms with Crippen molar-refractivity contribution in [2.24, 2.45) is 0 Å². The zero-order valence-corrected chi connectivity index (χ0v) is 18.0. The first-order chi connectivity index (χ1) is 14.5. The van der Waals surface area contributed by atoms with Gasteiger partial charge in [-0.05, 0) is 48.0 Å². The van der Waals surface area contributed by atoms with Gasteiger partial charge in [0.15, 0.2) is 0 Å².